The predicted octanol–water partition coefficient (Wildman–Crippen LogP) is 4.07. The van der Waals surface area contributed by atoms with Gasteiger partial charge in [0.1, 0.15) is 5.76 Å². The average molecular weight is 269 g/mol. The Morgan fingerprint density at radius 1 is 1.16 bits per heavy atom. The van der Waals surface area contributed by atoms with Crippen LogP contribution in [-0.4, -0.2) is 6.29 Å². The third kappa shape index (κ3) is 2.06. The summed E-state index contributed by atoms with van der Waals surface area (Å²) in [5, 5.41) is 1.90. The van der Waals surface area contributed by atoms with E-state index in [1.54, 1.807) is 6.26 Å². The summed E-state index contributed by atoms with van der Waals surface area (Å²) in [6.45, 7) is 0. The second-order valence-corrected chi connectivity index (χ2v) is 5.04. The van der Waals surface area contributed by atoms with E-state index in [1.165, 1.54) is 11.3 Å². The molecule has 0 aliphatic carbocycles. The molecule has 2 N–H and O–H groups in total. The third-order valence-electron chi connectivity index (χ3n) is 2.95. The van der Waals surface area contributed by atoms with Gasteiger partial charge in [0.15, 0.2) is 6.29 Å². The summed E-state index contributed by atoms with van der Waals surface area (Å²) in [7, 11) is 0. The Morgan fingerprint density at radius 2 is 2.05 bits per heavy atom. The maximum absolute atomic E-state index is 11.0. The van der Waals surface area contributed by atoms with Crippen molar-refractivity contribution in [3.05, 3.63) is 52.9 Å². The maximum atomic E-state index is 11.0. The number of benzene rings is 1. The van der Waals surface area contributed by atoms with E-state index in [2.05, 4.69) is 0 Å². The van der Waals surface area contributed by atoms with Gasteiger partial charge in [-0.05, 0) is 41.3 Å². The van der Waals surface area contributed by atoms with Gasteiger partial charge in [0.25, 0.3) is 0 Å². The van der Waals surface area contributed by atoms with Crippen molar-refractivity contribution in [2.24, 2.45) is 0 Å². The van der Waals surface area contributed by atoms with Gasteiger partial charge in [-0.2, -0.15) is 0 Å². The van der Waals surface area contributed by atoms with Crippen molar-refractivity contribution in [3.8, 4) is 22.5 Å². The molecular formula is C15H11NO2S. The second kappa shape index (κ2) is 4.74. The Kier molecular flexibility index (Phi) is 2.93. The molecule has 0 saturated heterocycles. The average Bonchev–Trinajstić information content (AvgIpc) is 3.10. The van der Waals surface area contributed by atoms with Crippen LogP contribution in [0.3, 0.4) is 0 Å². The van der Waals surface area contributed by atoms with E-state index in [9.17, 15) is 4.79 Å². The molecule has 0 bridgehead atoms. The normalized spacial score (nSPS) is 10.5. The van der Waals surface area contributed by atoms with Crippen LogP contribution in [-0.2, 0) is 0 Å². The van der Waals surface area contributed by atoms with Gasteiger partial charge in [0.05, 0.1) is 11.1 Å². The summed E-state index contributed by atoms with van der Waals surface area (Å²) >= 11 is 1.43. The first kappa shape index (κ1) is 11.7. The van der Waals surface area contributed by atoms with Crippen molar-refractivity contribution in [3.63, 3.8) is 0 Å². The number of thiophene rings is 1. The minimum Gasteiger partial charge on any atom is -0.464 e. The Hall–Kier alpha value is -2.33. The summed E-state index contributed by atoms with van der Waals surface area (Å²) in [6.07, 6.45) is 2.49. The minimum absolute atomic E-state index is 0.654. The number of rotatable bonds is 3. The summed E-state index contributed by atoms with van der Waals surface area (Å²) in [4.78, 5) is 11.7. The second-order valence-electron chi connectivity index (χ2n) is 4.10. The molecule has 0 unspecified atom stereocenters. The summed E-state index contributed by atoms with van der Waals surface area (Å²) in [5.74, 6) is 0.724. The van der Waals surface area contributed by atoms with Crippen LogP contribution < -0.4 is 5.73 Å². The lowest BCUT2D eigenvalue weighted by Gasteiger charge is -2.06. The number of hydrogen-bond donors (Lipinski definition) is 1. The molecule has 0 aliphatic heterocycles. The zero-order valence-corrected chi connectivity index (χ0v) is 10.8. The molecule has 19 heavy (non-hydrogen) atoms. The van der Waals surface area contributed by atoms with E-state index in [0.29, 0.717) is 5.69 Å². The van der Waals surface area contributed by atoms with Crippen molar-refractivity contribution in [2.45, 2.75) is 0 Å². The number of anilines is 1. The minimum atomic E-state index is 0.654. The van der Waals surface area contributed by atoms with Gasteiger partial charge in [-0.1, -0.05) is 6.07 Å². The first-order valence-corrected chi connectivity index (χ1v) is 6.64. The van der Waals surface area contributed by atoms with Crippen LogP contribution in [0.5, 0.6) is 0 Å². The fraction of sp³-hybridized carbons (Fsp3) is 0. The molecule has 3 nitrogen and oxygen atoms in total. The molecule has 94 valence electrons. The van der Waals surface area contributed by atoms with Gasteiger partial charge >= 0.3 is 0 Å². The molecule has 2 aromatic heterocycles. The third-order valence-corrected chi connectivity index (χ3v) is 3.80. The largest absolute Gasteiger partial charge is 0.464 e. The van der Waals surface area contributed by atoms with E-state index in [0.717, 1.165) is 33.6 Å². The number of aldehydes is 1. The number of furan rings is 1. The van der Waals surface area contributed by atoms with Crippen LogP contribution in [0.4, 0.5) is 5.69 Å². The summed E-state index contributed by atoms with van der Waals surface area (Å²) in [5.41, 5.74) is 9.36. The quantitative estimate of drug-likeness (QED) is 0.576. The lowest BCUT2D eigenvalue weighted by atomic mass is 10.0. The highest BCUT2D eigenvalue weighted by atomic mass is 32.1. The van der Waals surface area contributed by atoms with Gasteiger partial charge in [-0.15, -0.1) is 11.3 Å². The number of carbonyl (C=O) groups is 1. The van der Waals surface area contributed by atoms with Crippen LogP contribution in [0.2, 0.25) is 0 Å². The number of nitrogen functional groups attached to an aromatic ring is 1. The molecule has 3 aromatic rings. The van der Waals surface area contributed by atoms with Crippen molar-refractivity contribution < 1.29 is 9.21 Å². The van der Waals surface area contributed by atoms with E-state index >= 15 is 0 Å². The summed E-state index contributed by atoms with van der Waals surface area (Å²) in [6, 6.07) is 11.3. The van der Waals surface area contributed by atoms with Gasteiger partial charge in [-0.3, -0.25) is 4.79 Å². The topological polar surface area (TPSA) is 56.2 Å². The van der Waals surface area contributed by atoms with Crippen LogP contribution in [0.1, 0.15) is 9.67 Å². The highest BCUT2D eigenvalue weighted by Gasteiger charge is 2.10. The van der Waals surface area contributed by atoms with Crippen molar-refractivity contribution in [2.75, 3.05) is 5.73 Å². The van der Waals surface area contributed by atoms with Crippen LogP contribution in [0.15, 0.2) is 52.5 Å². The predicted molar refractivity (Wildman–Crippen MR) is 77.3 cm³/mol. The molecule has 4 heteroatoms. The Balaban J connectivity index is 2.15. The van der Waals surface area contributed by atoms with E-state index in [-0.39, 0.29) is 0 Å². The molecule has 0 spiro atoms. The molecule has 0 fully saturated rings. The van der Waals surface area contributed by atoms with Crippen molar-refractivity contribution in [1.29, 1.82) is 0 Å². The maximum Gasteiger partial charge on any atom is 0.160 e. The fourth-order valence-corrected chi connectivity index (χ4v) is 2.74. The SMILES string of the molecule is Nc1ccc(-c2ccsc2C=O)cc1-c1ccco1. The first-order chi connectivity index (χ1) is 9.29. The number of hydrogen-bond acceptors (Lipinski definition) is 4. The molecular weight excluding hydrogens is 258 g/mol. The Labute approximate surface area is 114 Å². The zero-order valence-electron chi connectivity index (χ0n) is 10.00. The molecule has 1 aromatic carbocycles. The lowest BCUT2D eigenvalue weighted by Crippen LogP contribution is -1.90. The summed E-state index contributed by atoms with van der Waals surface area (Å²) < 4.78 is 5.38. The highest BCUT2D eigenvalue weighted by molar-refractivity contribution is 7.12. The Bertz CT molecular complexity index is 714. The fourth-order valence-electron chi connectivity index (χ4n) is 2.02. The highest BCUT2D eigenvalue weighted by Crippen LogP contribution is 2.33. The van der Waals surface area contributed by atoms with Gasteiger partial charge in [0.2, 0.25) is 0 Å². The molecule has 3 rings (SSSR count). The molecule has 2 heterocycles. The van der Waals surface area contributed by atoms with Crippen molar-refractivity contribution >= 4 is 23.3 Å². The first-order valence-electron chi connectivity index (χ1n) is 5.76. The van der Waals surface area contributed by atoms with Gasteiger partial charge in [0, 0.05) is 16.8 Å². The Morgan fingerprint density at radius 3 is 2.79 bits per heavy atom. The molecule has 0 aliphatic rings. The monoisotopic (exact) mass is 269 g/mol. The van der Waals surface area contributed by atoms with Gasteiger partial charge < -0.3 is 10.2 Å². The van der Waals surface area contributed by atoms with E-state index in [4.69, 9.17) is 10.2 Å². The van der Waals surface area contributed by atoms with E-state index in [1.807, 2.05) is 41.8 Å². The number of carbonyl (C=O) groups excluding carboxylic acids is 1. The lowest BCUT2D eigenvalue weighted by molar-refractivity contribution is 0.112. The van der Waals surface area contributed by atoms with Crippen molar-refractivity contribution in [1.82, 2.24) is 0 Å². The molecule has 0 amide bonds. The molecule has 0 atom stereocenters. The standard InChI is InChI=1S/C15H11NO2S/c16-13-4-3-10(11-5-7-19-15(11)9-17)8-12(13)14-2-1-6-18-14/h1-9H,16H2. The smallest absolute Gasteiger partial charge is 0.160 e. The van der Waals surface area contributed by atoms with Crippen LogP contribution >= 0.6 is 11.3 Å². The molecule has 0 saturated carbocycles. The van der Waals surface area contributed by atoms with E-state index < -0.39 is 0 Å². The van der Waals surface area contributed by atoms with Crippen LogP contribution in [0.25, 0.3) is 22.5 Å². The molecule has 0 radical (unpaired) electrons. The zero-order chi connectivity index (χ0) is 13.2. The van der Waals surface area contributed by atoms with Crippen LogP contribution in [0, 0.1) is 0 Å². The number of nitrogens with two attached hydrogens (primary N) is 1. The van der Waals surface area contributed by atoms with Gasteiger partial charge in [-0.25, -0.2) is 0 Å².